The van der Waals surface area contributed by atoms with E-state index >= 15 is 0 Å². The number of aromatic nitrogens is 3. The van der Waals surface area contributed by atoms with Crippen LogP contribution in [0.4, 0.5) is 10.1 Å². The van der Waals surface area contributed by atoms with Gasteiger partial charge in [0.25, 0.3) is 0 Å². The third-order valence-electron chi connectivity index (χ3n) is 4.04. The average Bonchev–Trinajstić information content (AvgIpc) is 3.06. The van der Waals surface area contributed by atoms with Crippen LogP contribution in [0.2, 0.25) is 0 Å². The molecule has 1 amide bonds. The molecule has 0 atom stereocenters. The first-order valence-corrected chi connectivity index (χ1v) is 9.55. The van der Waals surface area contributed by atoms with Crippen molar-refractivity contribution in [2.24, 2.45) is 0 Å². The summed E-state index contributed by atoms with van der Waals surface area (Å²) in [6, 6.07) is 13.8. The molecule has 146 valence electrons. The number of anilines is 1. The van der Waals surface area contributed by atoms with Crippen LogP contribution in [-0.2, 0) is 11.3 Å². The molecule has 0 saturated heterocycles. The zero-order valence-electron chi connectivity index (χ0n) is 15.6. The normalized spacial score (nSPS) is 10.7. The van der Waals surface area contributed by atoms with Crippen LogP contribution in [-0.4, -0.2) is 40.6 Å². The summed E-state index contributed by atoms with van der Waals surface area (Å²) in [5, 5.41) is 11.3. The fourth-order valence-corrected chi connectivity index (χ4v) is 3.15. The summed E-state index contributed by atoms with van der Waals surface area (Å²) in [6.45, 7) is 0.448. The number of amides is 1. The largest absolute Gasteiger partial charge is 0.378 e. The summed E-state index contributed by atoms with van der Waals surface area (Å²) < 4.78 is 14.3. The topological polar surface area (TPSA) is 89.1 Å². The zero-order valence-corrected chi connectivity index (χ0v) is 16.4. The van der Waals surface area contributed by atoms with Crippen molar-refractivity contribution in [1.29, 1.82) is 0 Å². The smallest absolute Gasteiger partial charge is 0.230 e. The van der Waals surface area contributed by atoms with Crippen LogP contribution in [0.5, 0.6) is 0 Å². The lowest BCUT2D eigenvalue weighted by molar-refractivity contribution is -0.118. The molecular formula is C19H21FN6OS. The molecule has 0 unspecified atom stereocenters. The predicted molar refractivity (Wildman–Crippen MR) is 109 cm³/mol. The van der Waals surface area contributed by atoms with Crippen molar-refractivity contribution in [3.8, 4) is 11.4 Å². The molecule has 0 fully saturated rings. The van der Waals surface area contributed by atoms with E-state index in [9.17, 15) is 9.18 Å². The number of hydrogen-bond acceptors (Lipinski definition) is 6. The number of carbonyl (C=O) groups is 1. The fraction of sp³-hybridized carbons (Fsp3) is 0.211. The zero-order chi connectivity index (χ0) is 20.1. The molecule has 7 nitrogen and oxygen atoms in total. The lowest BCUT2D eigenvalue weighted by Crippen LogP contribution is -2.25. The molecule has 0 bridgehead atoms. The van der Waals surface area contributed by atoms with Gasteiger partial charge in [0.15, 0.2) is 5.82 Å². The molecule has 1 heterocycles. The Hall–Kier alpha value is -3.07. The van der Waals surface area contributed by atoms with Crippen LogP contribution in [0.1, 0.15) is 5.56 Å². The van der Waals surface area contributed by atoms with Gasteiger partial charge in [0.1, 0.15) is 5.82 Å². The molecule has 1 aromatic heterocycles. The Kier molecular flexibility index (Phi) is 6.15. The van der Waals surface area contributed by atoms with Gasteiger partial charge in [-0.05, 0) is 42.0 Å². The Labute approximate surface area is 166 Å². The highest BCUT2D eigenvalue weighted by molar-refractivity contribution is 7.99. The van der Waals surface area contributed by atoms with Crippen molar-refractivity contribution >= 4 is 23.4 Å². The van der Waals surface area contributed by atoms with Crippen molar-refractivity contribution in [2.75, 3.05) is 30.6 Å². The molecule has 28 heavy (non-hydrogen) atoms. The van der Waals surface area contributed by atoms with Crippen LogP contribution < -0.4 is 16.1 Å². The minimum absolute atomic E-state index is 0.131. The molecule has 0 spiro atoms. The van der Waals surface area contributed by atoms with Crippen molar-refractivity contribution in [2.45, 2.75) is 11.7 Å². The van der Waals surface area contributed by atoms with Crippen LogP contribution in [0.15, 0.2) is 53.7 Å². The molecule has 9 heteroatoms. The number of benzene rings is 2. The SMILES string of the molecule is CN(C)c1ccc(CNC(=O)CSc2nnc(-c3ccc(F)cc3)n2N)cc1. The Balaban J connectivity index is 1.52. The third-order valence-corrected chi connectivity index (χ3v) is 4.98. The van der Waals surface area contributed by atoms with E-state index in [4.69, 9.17) is 5.84 Å². The van der Waals surface area contributed by atoms with E-state index in [1.165, 1.54) is 28.6 Å². The molecule has 3 rings (SSSR count). The Bertz CT molecular complexity index is 940. The highest BCUT2D eigenvalue weighted by Gasteiger charge is 2.14. The number of nitrogen functional groups attached to an aromatic ring is 1. The van der Waals surface area contributed by atoms with Crippen molar-refractivity contribution in [1.82, 2.24) is 20.2 Å². The third kappa shape index (κ3) is 4.80. The van der Waals surface area contributed by atoms with E-state index in [0.29, 0.717) is 23.1 Å². The van der Waals surface area contributed by atoms with Crippen LogP contribution in [0.3, 0.4) is 0 Å². The number of thioether (sulfide) groups is 1. The van der Waals surface area contributed by atoms with Crippen molar-refractivity contribution in [3.05, 3.63) is 59.9 Å². The second-order valence-corrected chi connectivity index (χ2v) is 7.25. The van der Waals surface area contributed by atoms with Gasteiger partial charge in [0.05, 0.1) is 5.75 Å². The second-order valence-electron chi connectivity index (χ2n) is 6.31. The summed E-state index contributed by atoms with van der Waals surface area (Å²) in [6.07, 6.45) is 0. The van der Waals surface area contributed by atoms with E-state index < -0.39 is 0 Å². The Morgan fingerprint density at radius 3 is 2.46 bits per heavy atom. The van der Waals surface area contributed by atoms with Gasteiger partial charge in [0.2, 0.25) is 11.1 Å². The van der Waals surface area contributed by atoms with Crippen LogP contribution in [0.25, 0.3) is 11.4 Å². The van der Waals surface area contributed by atoms with Crippen LogP contribution in [0, 0.1) is 5.82 Å². The quantitative estimate of drug-likeness (QED) is 0.467. The molecule has 0 saturated carbocycles. The highest BCUT2D eigenvalue weighted by atomic mass is 32.2. The maximum Gasteiger partial charge on any atom is 0.230 e. The first-order chi connectivity index (χ1) is 13.4. The molecule has 0 aliphatic carbocycles. The Morgan fingerprint density at radius 2 is 1.82 bits per heavy atom. The fourth-order valence-electron chi connectivity index (χ4n) is 2.46. The number of carbonyl (C=O) groups excluding carboxylic acids is 1. The van der Waals surface area contributed by atoms with Gasteiger partial charge < -0.3 is 16.1 Å². The van der Waals surface area contributed by atoms with Gasteiger partial charge >= 0.3 is 0 Å². The molecule has 0 aliphatic rings. The minimum Gasteiger partial charge on any atom is -0.378 e. The van der Waals surface area contributed by atoms with Gasteiger partial charge in [-0.25, -0.2) is 9.07 Å². The van der Waals surface area contributed by atoms with Crippen molar-refractivity contribution in [3.63, 3.8) is 0 Å². The van der Waals surface area contributed by atoms with Crippen LogP contribution >= 0.6 is 11.8 Å². The number of nitrogens with one attached hydrogen (secondary N) is 1. The molecule has 2 aromatic carbocycles. The summed E-state index contributed by atoms with van der Waals surface area (Å²) in [4.78, 5) is 14.1. The predicted octanol–water partition coefficient (Wildman–Crippen LogP) is 2.27. The average molecular weight is 400 g/mol. The van der Waals surface area contributed by atoms with E-state index in [0.717, 1.165) is 11.3 Å². The van der Waals surface area contributed by atoms with E-state index in [2.05, 4.69) is 15.5 Å². The second kappa shape index (κ2) is 8.75. The van der Waals surface area contributed by atoms with Gasteiger partial charge in [-0.2, -0.15) is 0 Å². The first-order valence-electron chi connectivity index (χ1n) is 8.56. The molecule has 0 aliphatic heterocycles. The summed E-state index contributed by atoms with van der Waals surface area (Å²) >= 11 is 1.19. The number of hydrogen-bond donors (Lipinski definition) is 2. The first kappa shape index (κ1) is 19.7. The molecule has 3 N–H and O–H groups in total. The number of nitrogens with two attached hydrogens (primary N) is 1. The highest BCUT2D eigenvalue weighted by Crippen LogP contribution is 2.21. The van der Waals surface area contributed by atoms with Gasteiger partial charge in [-0.1, -0.05) is 23.9 Å². The Morgan fingerprint density at radius 1 is 1.14 bits per heavy atom. The van der Waals surface area contributed by atoms with Gasteiger partial charge in [-0.3, -0.25) is 4.79 Å². The summed E-state index contributed by atoms with van der Waals surface area (Å²) in [5.74, 6) is 6.10. The van der Waals surface area contributed by atoms with E-state index in [1.54, 1.807) is 12.1 Å². The number of nitrogens with zero attached hydrogens (tertiary/aromatic N) is 4. The summed E-state index contributed by atoms with van der Waals surface area (Å²) in [5.41, 5.74) is 2.77. The summed E-state index contributed by atoms with van der Waals surface area (Å²) in [7, 11) is 3.96. The lowest BCUT2D eigenvalue weighted by atomic mass is 10.2. The van der Waals surface area contributed by atoms with Crippen molar-refractivity contribution < 1.29 is 9.18 Å². The lowest BCUT2D eigenvalue weighted by Gasteiger charge is -2.12. The maximum atomic E-state index is 13.0. The molecular weight excluding hydrogens is 379 g/mol. The number of halogens is 1. The standard InChI is InChI=1S/C19H21FN6OS/c1-25(2)16-9-3-13(4-10-16)11-22-17(27)12-28-19-24-23-18(26(19)21)14-5-7-15(20)8-6-14/h3-10H,11-12,21H2,1-2H3,(H,22,27). The molecule has 0 radical (unpaired) electrons. The monoisotopic (exact) mass is 400 g/mol. The molecule has 3 aromatic rings. The van der Waals surface area contributed by atoms with E-state index in [-0.39, 0.29) is 17.5 Å². The minimum atomic E-state index is -0.338. The maximum absolute atomic E-state index is 13.0. The van der Waals surface area contributed by atoms with E-state index in [1.807, 2.05) is 43.3 Å². The van der Waals surface area contributed by atoms with Gasteiger partial charge in [-0.15, -0.1) is 10.2 Å². The number of rotatable bonds is 7. The van der Waals surface area contributed by atoms with Gasteiger partial charge in [0, 0.05) is 31.9 Å².